The largest absolute Gasteiger partial charge is 0.384 e. The van der Waals surface area contributed by atoms with E-state index in [1.54, 1.807) is 12.1 Å². The van der Waals surface area contributed by atoms with E-state index >= 15 is 0 Å². The molecular formula is C13H15N3O2S. The quantitative estimate of drug-likeness (QED) is 0.895. The minimum absolute atomic E-state index is 0.0904. The van der Waals surface area contributed by atoms with Gasteiger partial charge in [0.2, 0.25) is 0 Å². The predicted molar refractivity (Wildman–Crippen MR) is 75.3 cm³/mol. The van der Waals surface area contributed by atoms with Crippen LogP contribution in [-0.4, -0.2) is 13.4 Å². The molecule has 2 aromatic rings. The van der Waals surface area contributed by atoms with Crippen LogP contribution in [0.15, 0.2) is 47.5 Å². The van der Waals surface area contributed by atoms with Crippen LogP contribution in [0.2, 0.25) is 0 Å². The maximum absolute atomic E-state index is 12.2. The summed E-state index contributed by atoms with van der Waals surface area (Å²) in [5.41, 5.74) is 6.97. The predicted octanol–water partition coefficient (Wildman–Crippen LogP) is 2.03. The number of nitrogens with one attached hydrogen (secondary N) is 1. The summed E-state index contributed by atoms with van der Waals surface area (Å²) in [7, 11) is -3.63. The molecule has 1 aromatic heterocycles. The van der Waals surface area contributed by atoms with Crippen LogP contribution >= 0.6 is 0 Å². The van der Waals surface area contributed by atoms with E-state index in [0.29, 0.717) is 5.69 Å². The van der Waals surface area contributed by atoms with E-state index < -0.39 is 10.0 Å². The molecule has 0 fully saturated rings. The van der Waals surface area contributed by atoms with Crippen molar-refractivity contribution in [3.8, 4) is 0 Å². The SMILES string of the molecule is CCc1ccccc1NS(=O)(=O)c1ccc(N)nc1. The third-order valence-corrected chi connectivity index (χ3v) is 4.06. The Bertz CT molecular complexity index is 667. The van der Waals surface area contributed by atoms with Gasteiger partial charge in [-0.15, -0.1) is 0 Å². The summed E-state index contributed by atoms with van der Waals surface area (Å²) >= 11 is 0. The summed E-state index contributed by atoms with van der Waals surface area (Å²) < 4.78 is 26.9. The Labute approximate surface area is 112 Å². The maximum Gasteiger partial charge on any atom is 0.263 e. The average molecular weight is 277 g/mol. The van der Waals surface area contributed by atoms with Crippen molar-refractivity contribution in [2.75, 3.05) is 10.5 Å². The van der Waals surface area contributed by atoms with Gasteiger partial charge in [-0.2, -0.15) is 0 Å². The molecule has 6 heteroatoms. The van der Waals surface area contributed by atoms with Crippen LogP contribution in [0.3, 0.4) is 0 Å². The number of rotatable bonds is 4. The molecule has 0 atom stereocenters. The van der Waals surface area contributed by atoms with Gasteiger partial charge >= 0.3 is 0 Å². The Kier molecular flexibility index (Phi) is 3.71. The van der Waals surface area contributed by atoms with E-state index in [1.165, 1.54) is 18.3 Å². The fraction of sp³-hybridized carbons (Fsp3) is 0.154. The number of benzene rings is 1. The highest BCUT2D eigenvalue weighted by Gasteiger charge is 2.15. The molecule has 3 N–H and O–H groups in total. The summed E-state index contributed by atoms with van der Waals surface area (Å²) in [6, 6.07) is 10.2. The minimum Gasteiger partial charge on any atom is -0.384 e. The van der Waals surface area contributed by atoms with Crippen molar-refractivity contribution in [2.24, 2.45) is 0 Å². The minimum atomic E-state index is -3.63. The lowest BCUT2D eigenvalue weighted by atomic mass is 10.1. The van der Waals surface area contributed by atoms with Crippen LogP contribution in [0.25, 0.3) is 0 Å². The van der Waals surface area contributed by atoms with E-state index in [1.807, 2.05) is 19.1 Å². The first-order valence-corrected chi connectivity index (χ1v) is 7.33. The van der Waals surface area contributed by atoms with Crippen molar-refractivity contribution in [1.29, 1.82) is 0 Å². The van der Waals surface area contributed by atoms with Crippen LogP contribution in [-0.2, 0) is 16.4 Å². The van der Waals surface area contributed by atoms with Gasteiger partial charge in [0, 0.05) is 6.20 Å². The number of anilines is 2. The molecule has 0 amide bonds. The molecule has 0 aliphatic rings. The zero-order valence-corrected chi connectivity index (χ0v) is 11.3. The fourth-order valence-electron chi connectivity index (χ4n) is 1.68. The summed E-state index contributed by atoms with van der Waals surface area (Å²) in [5, 5.41) is 0. The summed E-state index contributed by atoms with van der Waals surface area (Å²) in [4.78, 5) is 3.88. The Morgan fingerprint density at radius 3 is 2.58 bits per heavy atom. The van der Waals surface area contributed by atoms with Gasteiger partial charge in [0.15, 0.2) is 0 Å². The van der Waals surface area contributed by atoms with Crippen molar-refractivity contribution in [1.82, 2.24) is 4.98 Å². The van der Waals surface area contributed by atoms with E-state index in [4.69, 9.17) is 5.73 Å². The highest BCUT2D eigenvalue weighted by Crippen LogP contribution is 2.20. The smallest absolute Gasteiger partial charge is 0.263 e. The average Bonchev–Trinajstić information content (AvgIpc) is 2.39. The van der Waals surface area contributed by atoms with E-state index in [0.717, 1.165) is 12.0 Å². The van der Waals surface area contributed by atoms with Gasteiger partial charge in [-0.25, -0.2) is 13.4 Å². The third kappa shape index (κ3) is 3.03. The Hall–Kier alpha value is -2.08. The molecule has 0 aliphatic carbocycles. The lowest BCUT2D eigenvalue weighted by molar-refractivity contribution is 0.601. The normalized spacial score (nSPS) is 11.2. The Balaban J connectivity index is 2.34. The van der Waals surface area contributed by atoms with Crippen LogP contribution in [0, 0.1) is 0 Å². The maximum atomic E-state index is 12.2. The second-order valence-electron chi connectivity index (χ2n) is 4.03. The number of nitrogens with two attached hydrogens (primary N) is 1. The molecule has 1 aromatic carbocycles. The van der Waals surface area contributed by atoms with Crippen molar-refractivity contribution in [3.63, 3.8) is 0 Å². The van der Waals surface area contributed by atoms with Gasteiger partial charge in [0.1, 0.15) is 10.7 Å². The molecule has 0 spiro atoms. The summed E-state index contributed by atoms with van der Waals surface area (Å²) in [5.74, 6) is 0.285. The first-order chi connectivity index (χ1) is 9.03. The molecule has 0 saturated heterocycles. The molecule has 0 bridgehead atoms. The monoisotopic (exact) mass is 277 g/mol. The first-order valence-electron chi connectivity index (χ1n) is 5.85. The Morgan fingerprint density at radius 1 is 1.21 bits per heavy atom. The van der Waals surface area contributed by atoms with Crippen molar-refractivity contribution < 1.29 is 8.42 Å². The molecule has 0 aliphatic heterocycles. The van der Waals surface area contributed by atoms with E-state index in [2.05, 4.69) is 9.71 Å². The summed E-state index contributed by atoms with van der Waals surface area (Å²) in [6.07, 6.45) is 1.99. The number of nitrogen functional groups attached to an aromatic ring is 1. The molecule has 0 saturated carbocycles. The third-order valence-electron chi connectivity index (χ3n) is 2.71. The zero-order chi connectivity index (χ0) is 13.9. The number of hydrogen-bond acceptors (Lipinski definition) is 4. The number of aromatic nitrogens is 1. The zero-order valence-electron chi connectivity index (χ0n) is 10.5. The summed E-state index contributed by atoms with van der Waals surface area (Å²) in [6.45, 7) is 1.97. The van der Waals surface area contributed by atoms with Crippen LogP contribution in [0.4, 0.5) is 11.5 Å². The van der Waals surface area contributed by atoms with Crippen LogP contribution in [0.1, 0.15) is 12.5 Å². The van der Waals surface area contributed by atoms with Gasteiger partial charge in [-0.3, -0.25) is 4.72 Å². The number of sulfonamides is 1. The molecule has 0 radical (unpaired) electrons. The van der Waals surface area contributed by atoms with E-state index in [-0.39, 0.29) is 10.7 Å². The van der Waals surface area contributed by atoms with Gasteiger partial charge in [-0.05, 0) is 30.2 Å². The molecule has 100 valence electrons. The number of hydrogen-bond donors (Lipinski definition) is 2. The number of para-hydroxylation sites is 1. The van der Waals surface area contributed by atoms with Crippen molar-refractivity contribution in [2.45, 2.75) is 18.2 Å². The van der Waals surface area contributed by atoms with Gasteiger partial charge in [0.05, 0.1) is 5.69 Å². The fourth-order valence-corrected chi connectivity index (χ4v) is 2.73. The Morgan fingerprint density at radius 2 is 1.95 bits per heavy atom. The van der Waals surface area contributed by atoms with Crippen LogP contribution in [0.5, 0.6) is 0 Å². The van der Waals surface area contributed by atoms with Gasteiger partial charge in [0.25, 0.3) is 10.0 Å². The second-order valence-corrected chi connectivity index (χ2v) is 5.72. The molecule has 2 rings (SSSR count). The first kappa shape index (κ1) is 13.4. The molecule has 1 heterocycles. The highest BCUT2D eigenvalue weighted by atomic mass is 32.2. The standard InChI is InChI=1S/C13H15N3O2S/c1-2-10-5-3-4-6-12(10)16-19(17,18)11-7-8-13(14)15-9-11/h3-9,16H,2H2,1H3,(H2,14,15). The topological polar surface area (TPSA) is 85.1 Å². The number of aryl methyl sites for hydroxylation is 1. The van der Waals surface area contributed by atoms with Crippen molar-refractivity contribution >= 4 is 21.5 Å². The van der Waals surface area contributed by atoms with Crippen molar-refractivity contribution in [3.05, 3.63) is 48.2 Å². The highest BCUT2D eigenvalue weighted by molar-refractivity contribution is 7.92. The second kappa shape index (κ2) is 5.27. The number of nitrogens with zero attached hydrogens (tertiary/aromatic N) is 1. The van der Waals surface area contributed by atoms with Gasteiger partial charge in [-0.1, -0.05) is 25.1 Å². The number of pyridine rings is 1. The molecule has 0 unspecified atom stereocenters. The molecule has 19 heavy (non-hydrogen) atoms. The van der Waals surface area contributed by atoms with Crippen LogP contribution < -0.4 is 10.5 Å². The molecule has 5 nitrogen and oxygen atoms in total. The molecular weight excluding hydrogens is 262 g/mol. The van der Waals surface area contributed by atoms with E-state index in [9.17, 15) is 8.42 Å². The lowest BCUT2D eigenvalue weighted by Crippen LogP contribution is -2.14. The lowest BCUT2D eigenvalue weighted by Gasteiger charge is -2.11. The van der Waals surface area contributed by atoms with Gasteiger partial charge < -0.3 is 5.73 Å².